The normalized spacial score (nSPS) is 23.8. The van der Waals surface area contributed by atoms with E-state index in [0.29, 0.717) is 25.7 Å². The summed E-state index contributed by atoms with van der Waals surface area (Å²) < 4.78 is 5.51. The van der Waals surface area contributed by atoms with Gasteiger partial charge in [0.1, 0.15) is 42.7 Å². The van der Waals surface area contributed by atoms with E-state index in [1.165, 1.54) is 103 Å². The Kier molecular flexibility index (Phi) is 25.3. The third-order valence-corrected chi connectivity index (χ3v) is 10.1. The SMILES string of the molecule is CCCCCCCCCCCCCCC(O)(CCCCCCCCCCCCCC)C(O)C(O)C1O[C@H](CO)[C@@H](O)[C@H](O)[C@H]1O. The second kappa shape index (κ2) is 26.6. The number of hydrogen-bond acceptors (Lipinski definition) is 8. The van der Waals surface area contributed by atoms with Gasteiger partial charge in [-0.05, 0) is 12.8 Å². The maximum atomic E-state index is 11.7. The van der Waals surface area contributed by atoms with Crippen LogP contribution in [0.15, 0.2) is 0 Å². The molecule has 0 radical (unpaired) electrons. The van der Waals surface area contributed by atoms with Crippen molar-refractivity contribution in [2.75, 3.05) is 6.61 Å². The van der Waals surface area contributed by atoms with Crippen molar-refractivity contribution in [3.05, 3.63) is 0 Å². The lowest BCUT2D eigenvalue weighted by molar-refractivity contribution is -0.268. The van der Waals surface area contributed by atoms with Crippen molar-refractivity contribution < 1.29 is 40.5 Å². The van der Waals surface area contributed by atoms with E-state index in [-0.39, 0.29) is 0 Å². The predicted molar refractivity (Wildman–Crippen MR) is 182 cm³/mol. The Bertz CT molecular complexity index is 634. The third-order valence-electron chi connectivity index (χ3n) is 10.1. The zero-order valence-electron chi connectivity index (χ0n) is 29.2. The lowest BCUT2D eigenvalue weighted by Crippen LogP contribution is -2.65. The summed E-state index contributed by atoms with van der Waals surface area (Å²) in [7, 11) is 0. The molecule has 0 amide bonds. The van der Waals surface area contributed by atoms with E-state index in [1.807, 2.05) is 0 Å². The van der Waals surface area contributed by atoms with Gasteiger partial charge >= 0.3 is 0 Å². The van der Waals surface area contributed by atoms with Gasteiger partial charge < -0.3 is 40.5 Å². The van der Waals surface area contributed by atoms with Crippen LogP contribution in [-0.4, -0.2) is 90.7 Å². The Morgan fingerprint density at radius 3 is 1.18 bits per heavy atom. The average Bonchev–Trinajstić information content (AvgIpc) is 3.04. The van der Waals surface area contributed by atoms with E-state index < -0.39 is 54.9 Å². The lowest BCUT2D eigenvalue weighted by atomic mass is 9.79. The molecule has 7 atom stereocenters. The Hall–Kier alpha value is -0.320. The molecule has 1 aliphatic rings. The second-order valence-corrected chi connectivity index (χ2v) is 14.1. The minimum Gasteiger partial charge on any atom is -0.394 e. The Morgan fingerprint density at radius 2 is 0.844 bits per heavy atom. The van der Waals surface area contributed by atoms with Gasteiger partial charge in [-0.15, -0.1) is 0 Å². The van der Waals surface area contributed by atoms with Crippen molar-refractivity contribution >= 4 is 0 Å². The Morgan fingerprint density at radius 1 is 0.511 bits per heavy atom. The molecule has 270 valence electrons. The molecule has 0 aromatic rings. The van der Waals surface area contributed by atoms with Crippen LogP contribution in [-0.2, 0) is 4.74 Å². The van der Waals surface area contributed by atoms with Gasteiger partial charge in [0.15, 0.2) is 0 Å². The quantitative estimate of drug-likeness (QED) is 0.0439. The summed E-state index contributed by atoms with van der Waals surface area (Å²) in [6.07, 6.45) is 18.3. The molecular formula is C37H74O8. The zero-order valence-corrected chi connectivity index (χ0v) is 29.2. The van der Waals surface area contributed by atoms with E-state index in [0.717, 1.165) is 38.5 Å². The van der Waals surface area contributed by atoms with Crippen LogP contribution in [0.25, 0.3) is 0 Å². The van der Waals surface area contributed by atoms with Crippen LogP contribution < -0.4 is 0 Å². The minimum absolute atomic E-state index is 0.318. The van der Waals surface area contributed by atoms with E-state index in [2.05, 4.69) is 13.8 Å². The summed E-state index contributed by atoms with van der Waals surface area (Å²) in [6, 6.07) is 0. The Labute approximate surface area is 276 Å². The van der Waals surface area contributed by atoms with E-state index in [1.54, 1.807) is 0 Å². The number of ether oxygens (including phenoxy) is 1. The molecule has 45 heavy (non-hydrogen) atoms. The molecule has 1 rings (SSSR count). The van der Waals surface area contributed by atoms with Crippen LogP contribution in [0.3, 0.4) is 0 Å². The van der Waals surface area contributed by atoms with Crippen molar-refractivity contribution in [1.82, 2.24) is 0 Å². The molecule has 1 aliphatic heterocycles. The first-order valence-corrected chi connectivity index (χ1v) is 19.1. The number of aliphatic hydroxyl groups is 7. The van der Waals surface area contributed by atoms with Gasteiger partial charge in [-0.3, -0.25) is 0 Å². The molecule has 3 unspecified atom stereocenters. The second-order valence-electron chi connectivity index (χ2n) is 14.1. The molecule has 0 aliphatic carbocycles. The molecule has 7 N–H and O–H groups in total. The first kappa shape index (κ1) is 42.7. The molecule has 0 aromatic carbocycles. The van der Waals surface area contributed by atoms with E-state index >= 15 is 0 Å². The van der Waals surface area contributed by atoms with Gasteiger partial charge in [0.05, 0.1) is 12.2 Å². The topological polar surface area (TPSA) is 151 Å². The molecule has 0 bridgehead atoms. The van der Waals surface area contributed by atoms with Gasteiger partial charge in [0.2, 0.25) is 0 Å². The fourth-order valence-corrected chi connectivity index (χ4v) is 6.88. The molecule has 1 fully saturated rings. The Balaban J connectivity index is 2.55. The van der Waals surface area contributed by atoms with Crippen molar-refractivity contribution in [1.29, 1.82) is 0 Å². The van der Waals surface area contributed by atoms with Gasteiger partial charge in [-0.25, -0.2) is 0 Å². The summed E-state index contributed by atoms with van der Waals surface area (Å²) in [5.41, 5.74) is -1.57. The van der Waals surface area contributed by atoms with E-state index in [9.17, 15) is 35.7 Å². The molecule has 8 nitrogen and oxygen atoms in total. The summed E-state index contributed by atoms with van der Waals surface area (Å²) in [6.45, 7) is 3.86. The van der Waals surface area contributed by atoms with E-state index in [4.69, 9.17) is 4.74 Å². The first-order chi connectivity index (χ1) is 21.7. The molecular weight excluding hydrogens is 572 g/mol. The number of unbranched alkanes of at least 4 members (excludes halogenated alkanes) is 22. The van der Waals surface area contributed by atoms with Gasteiger partial charge in [-0.1, -0.05) is 168 Å². The fraction of sp³-hybridized carbons (Fsp3) is 1.00. The van der Waals surface area contributed by atoms with Gasteiger partial charge in [0.25, 0.3) is 0 Å². The molecule has 0 aromatic heterocycles. The smallest absolute Gasteiger partial charge is 0.115 e. The van der Waals surface area contributed by atoms with Crippen molar-refractivity contribution in [2.45, 2.75) is 229 Å². The van der Waals surface area contributed by atoms with Gasteiger partial charge in [0, 0.05) is 0 Å². The van der Waals surface area contributed by atoms with Gasteiger partial charge in [-0.2, -0.15) is 0 Å². The van der Waals surface area contributed by atoms with Crippen molar-refractivity contribution in [2.24, 2.45) is 0 Å². The van der Waals surface area contributed by atoms with Crippen LogP contribution in [0.2, 0.25) is 0 Å². The predicted octanol–water partition coefficient (Wildman–Crippen LogP) is 6.46. The zero-order chi connectivity index (χ0) is 33.3. The molecule has 0 saturated carbocycles. The monoisotopic (exact) mass is 647 g/mol. The highest BCUT2D eigenvalue weighted by atomic mass is 16.6. The highest BCUT2D eigenvalue weighted by Gasteiger charge is 2.51. The van der Waals surface area contributed by atoms with Crippen LogP contribution in [0.1, 0.15) is 181 Å². The minimum atomic E-state index is -1.70. The lowest BCUT2D eigenvalue weighted by Gasteiger charge is -2.45. The fourth-order valence-electron chi connectivity index (χ4n) is 6.88. The number of aliphatic hydroxyl groups excluding tert-OH is 6. The molecule has 1 saturated heterocycles. The third kappa shape index (κ3) is 17.6. The summed E-state index contributed by atoms with van der Waals surface area (Å²) in [5.74, 6) is 0. The maximum Gasteiger partial charge on any atom is 0.115 e. The maximum absolute atomic E-state index is 11.7. The average molecular weight is 647 g/mol. The van der Waals surface area contributed by atoms with Crippen LogP contribution in [0.4, 0.5) is 0 Å². The largest absolute Gasteiger partial charge is 0.394 e. The molecule has 1 heterocycles. The van der Waals surface area contributed by atoms with Crippen LogP contribution in [0, 0.1) is 0 Å². The summed E-state index contributed by atoms with van der Waals surface area (Å²) in [5, 5.41) is 74.5. The first-order valence-electron chi connectivity index (χ1n) is 19.1. The standard InChI is InChI=1S/C37H74O8/c1-3-5-7-9-11-13-15-17-19-21-23-25-27-37(44,28-26-24-22-20-18-16-14-12-10-8-6-4-2)36(43)34(42)35-33(41)32(40)31(39)30(29-38)45-35/h30-36,38-44H,3-29H2,1-2H3/t30-,31-,32+,33-,34?,35?,36?/m1/s1. The molecule has 0 spiro atoms. The number of rotatable bonds is 30. The highest BCUT2D eigenvalue weighted by molar-refractivity contribution is 5.00. The summed E-state index contributed by atoms with van der Waals surface area (Å²) in [4.78, 5) is 0. The number of hydrogen-bond donors (Lipinski definition) is 7. The van der Waals surface area contributed by atoms with Crippen LogP contribution >= 0.6 is 0 Å². The summed E-state index contributed by atoms with van der Waals surface area (Å²) >= 11 is 0. The molecule has 8 heteroatoms. The van der Waals surface area contributed by atoms with Crippen LogP contribution in [0.5, 0.6) is 0 Å². The highest BCUT2D eigenvalue weighted by Crippen LogP contribution is 2.33. The van der Waals surface area contributed by atoms with Crippen molar-refractivity contribution in [3.8, 4) is 0 Å². The van der Waals surface area contributed by atoms with Crippen molar-refractivity contribution in [3.63, 3.8) is 0 Å².